The lowest BCUT2D eigenvalue weighted by molar-refractivity contribution is 1.45. The first-order valence-electron chi connectivity index (χ1n) is 5.64. The third-order valence-electron chi connectivity index (χ3n) is 2.67. The first-order valence-corrected chi connectivity index (χ1v) is 6.02. The molecule has 88 valence electrons. The predicted octanol–water partition coefficient (Wildman–Crippen LogP) is 4.63. The Hall–Kier alpha value is -2.04. The molecule has 2 heteroatoms. The monoisotopic (exact) mass is 253 g/mol. The first kappa shape index (κ1) is 12.4. The average Bonchev–Trinajstić information content (AvgIpc) is 2.41. The summed E-state index contributed by atoms with van der Waals surface area (Å²) >= 11 is 6.34. The fraction of sp³-hybridized carbons (Fsp3) is 0.0625. The third-order valence-corrected chi connectivity index (χ3v) is 3.07. The maximum absolute atomic E-state index is 9.29. The first-order chi connectivity index (χ1) is 8.72. The highest BCUT2D eigenvalue weighted by Crippen LogP contribution is 2.29. The molecule has 0 radical (unpaired) electrons. The smallest absolute Gasteiger partial charge is 0.101 e. The van der Waals surface area contributed by atoms with Crippen LogP contribution in [0.25, 0.3) is 10.6 Å². The van der Waals surface area contributed by atoms with Crippen molar-refractivity contribution in [2.24, 2.45) is 0 Å². The number of nitrogens with zero attached hydrogens (tertiary/aromatic N) is 1. The number of halogens is 1. The van der Waals surface area contributed by atoms with Crippen molar-refractivity contribution in [2.45, 2.75) is 6.92 Å². The average molecular weight is 254 g/mol. The number of allylic oxidation sites excluding steroid dienone is 1. The Morgan fingerprint density at radius 2 is 1.67 bits per heavy atom. The molecule has 2 aromatic rings. The van der Waals surface area contributed by atoms with Crippen LogP contribution in [0.1, 0.15) is 16.7 Å². The van der Waals surface area contributed by atoms with E-state index in [1.54, 1.807) is 0 Å². The minimum Gasteiger partial charge on any atom is -0.192 e. The molecule has 0 aliphatic heterocycles. The zero-order chi connectivity index (χ0) is 13.0. The molecule has 0 N–H and O–H groups in total. The van der Waals surface area contributed by atoms with Crippen LogP contribution in [0.15, 0.2) is 54.6 Å². The largest absolute Gasteiger partial charge is 0.192 e. The molecule has 0 heterocycles. The van der Waals surface area contributed by atoms with Crippen LogP contribution in [0.3, 0.4) is 0 Å². The molecule has 0 aromatic heterocycles. The normalized spacial score (nSPS) is 11.6. The maximum atomic E-state index is 9.29. The van der Waals surface area contributed by atoms with Gasteiger partial charge in [-0.1, -0.05) is 71.8 Å². The van der Waals surface area contributed by atoms with Gasteiger partial charge in [-0.15, -0.1) is 0 Å². The molecule has 0 aliphatic rings. The topological polar surface area (TPSA) is 23.8 Å². The Morgan fingerprint density at radius 1 is 1.00 bits per heavy atom. The van der Waals surface area contributed by atoms with Gasteiger partial charge in [0.2, 0.25) is 0 Å². The van der Waals surface area contributed by atoms with Gasteiger partial charge >= 0.3 is 0 Å². The van der Waals surface area contributed by atoms with Crippen LogP contribution < -0.4 is 0 Å². The van der Waals surface area contributed by atoms with Gasteiger partial charge in [0.25, 0.3) is 0 Å². The van der Waals surface area contributed by atoms with E-state index in [4.69, 9.17) is 11.6 Å². The molecule has 0 fully saturated rings. The second-order valence-electron chi connectivity index (χ2n) is 4.04. The second-order valence-corrected chi connectivity index (χ2v) is 4.41. The Balaban J connectivity index is 2.55. The zero-order valence-corrected chi connectivity index (χ0v) is 10.8. The summed E-state index contributed by atoms with van der Waals surface area (Å²) in [5.41, 5.74) is 3.34. The summed E-state index contributed by atoms with van der Waals surface area (Å²) in [6.07, 6.45) is 0. The van der Waals surface area contributed by atoms with E-state index in [1.807, 2.05) is 61.5 Å². The highest BCUT2D eigenvalue weighted by molar-refractivity contribution is 6.53. The van der Waals surface area contributed by atoms with E-state index < -0.39 is 0 Å². The molecule has 2 aromatic carbocycles. The van der Waals surface area contributed by atoms with Gasteiger partial charge in [0, 0.05) is 0 Å². The quantitative estimate of drug-likeness (QED) is 0.566. The minimum absolute atomic E-state index is 0.493. The Labute approximate surface area is 112 Å². The van der Waals surface area contributed by atoms with Crippen molar-refractivity contribution < 1.29 is 0 Å². The molecule has 0 spiro atoms. The number of nitriles is 1. The molecular formula is C16H12ClN. The molecule has 0 atom stereocenters. The number of benzene rings is 2. The van der Waals surface area contributed by atoms with Gasteiger partial charge in [0.1, 0.15) is 6.07 Å². The minimum atomic E-state index is 0.493. The molecule has 1 nitrogen and oxygen atoms in total. The van der Waals surface area contributed by atoms with Gasteiger partial charge in [-0.25, -0.2) is 0 Å². The Bertz CT molecular complexity index is 621. The number of hydrogen-bond acceptors (Lipinski definition) is 1. The van der Waals surface area contributed by atoms with Crippen LogP contribution >= 0.6 is 11.6 Å². The summed E-state index contributed by atoms with van der Waals surface area (Å²) < 4.78 is 0. The second kappa shape index (κ2) is 5.53. The Kier molecular flexibility index (Phi) is 3.82. The van der Waals surface area contributed by atoms with E-state index in [9.17, 15) is 5.26 Å². The van der Waals surface area contributed by atoms with Crippen molar-refractivity contribution in [3.8, 4) is 6.07 Å². The van der Waals surface area contributed by atoms with Crippen LogP contribution in [-0.4, -0.2) is 0 Å². The third kappa shape index (κ3) is 2.61. The summed E-state index contributed by atoms with van der Waals surface area (Å²) in [5, 5.41) is 9.78. The van der Waals surface area contributed by atoms with Crippen molar-refractivity contribution in [3.05, 3.63) is 71.3 Å². The zero-order valence-electron chi connectivity index (χ0n) is 10.0. The van der Waals surface area contributed by atoms with Gasteiger partial charge in [0.05, 0.1) is 10.6 Å². The lowest BCUT2D eigenvalue weighted by Gasteiger charge is -2.05. The van der Waals surface area contributed by atoms with Gasteiger partial charge in [-0.2, -0.15) is 5.26 Å². The van der Waals surface area contributed by atoms with Gasteiger partial charge in [-0.05, 0) is 18.1 Å². The van der Waals surface area contributed by atoms with Crippen molar-refractivity contribution in [3.63, 3.8) is 0 Å². The summed E-state index contributed by atoms with van der Waals surface area (Å²) in [7, 11) is 0. The van der Waals surface area contributed by atoms with E-state index in [-0.39, 0.29) is 0 Å². The summed E-state index contributed by atoms with van der Waals surface area (Å²) in [4.78, 5) is 0. The molecule has 0 saturated carbocycles. The lowest BCUT2D eigenvalue weighted by Crippen LogP contribution is -1.86. The molecule has 0 aliphatic carbocycles. The molecule has 0 saturated heterocycles. The van der Waals surface area contributed by atoms with Crippen LogP contribution in [0.5, 0.6) is 0 Å². The van der Waals surface area contributed by atoms with Crippen molar-refractivity contribution >= 4 is 22.2 Å². The molecule has 2 rings (SSSR count). The Morgan fingerprint density at radius 3 is 2.28 bits per heavy atom. The highest BCUT2D eigenvalue weighted by atomic mass is 35.5. The van der Waals surface area contributed by atoms with Crippen LogP contribution in [0.4, 0.5) is 0 Å². The SMILES string of the molecule is Cc1cccc(C(Cl)=C(C#N)c2ccccc2)c1. The molecule has 0 bridgehead atoms. The van der Waals surface area contributed by atoms with E-state index in [2.05, 4.69) is 6.07 Å². The van der Waals surface area contributed by atoms with Crippen LogP contribution in [0.2, 0.25) is 0 Å². The van der Waals surface area contributed by atoms with E-state index in [1.165, 1.54) is 0 Å². The molecule has 0 unspecified atom stereocenters. The van der Waals surface area contributed by atoms with E-state index in [0.29, 0.717) is 10.6 Å². The summed E-state index contributed by atoms with van der Waals surface area (Å²) in [6, 6.07) is 19.5. The molecule has 18 heavy (non-hydrogen) atoms. The maximum Gasteiger partial charge on any atom is 0.101 e. The van der Waals surface area contributed by atoms with Crippen molar-refractivity contribution in [1.29, 1.82) is 5.26 Å². The van der Waals surface area contributed by atoms with Crippen molar-refractivity contribution in [1.82, 2.24) is 0 Å². The van der Waals surface area contributed by atoms with Gasteiger partial charge in [-0.3, -0.25) is 0 Å². The van der Waals surface area contributed by atoms with Crippen LogP contribution in [-0.2, 0) is 0 Å². The van der Waals surface area contributed by atoms with Crippen LogP contribution in [0, 0.1) is 18.3 Å². The van der Waals surface area contributed by atoms with E-state index >= 15 is 0 Å². The number of rotatable bonds is 2. The summed E-state index contributed by atoms with van der Waals surface area (Å²) in [6.45, 7) is 2.00. The van der Waals surface area contributed by atoms with Gasteiger partial charge in [0.15, 0.2) is 0 Å². The molecule has 0 amide bonds. The van der Waals surface area contributed by atoms with E-state index in [0.717, 1.165) is 16.7 Å². The predicted molar refractivity (Wildman–Crippen MR) is 75.9 cm³/mol. The standard InChI is InChI=1S/C16H12ClN/c1-12-6-5-9-14(10-12)16(17)15(11-18)13-7-3-2-4-8-13/h2-10H,1H3. The fourth-order valence-corrected chi connectivity index (χ4v) is 2.04. The fourth-order valence-electron chi connectivity index (χ4n) is 1.77. The van der Waals surface area contributed by atoms with Crippen molar-refractivity contribution in [2.75, 3.05) is 0 Å². The lowest BCUT2D eigenvalue weighted by atomic mass is 10.0. The number of aryl methyl sites for hydroxylation is 1. The number of hydrogen-bond donors (Lipinski definition) is 0. The summed E-state index contributed by atoms with van der Waals surface area (Å²) in [5.74, 6) is 0. The highest BCUT2D eigenvalue weighted by Gasteiger charge is 2.09. The molecular weight excluding hydrogens is 242 g/mol. The van der Waals surface area contributed by atoms with Gasteiger partial charge < -0.3 is 0 Å².